The SMILES string of the molecule is O=[N+]([O-])c1ccc2nc(Oc3ccc(F)cc3C(O)Cn3ccc(-c4cccc(Cl)c4)n3)c(Cc3ccccc3)cc2c1. The van der Waals surface area contributed by atoms with Crippen LogP contribution in [0, 0.1) is 15.9 Å². The Labute approximate surface area is 250 Å². The second-order valence-electron chi connectivity index (χ2n) is 9.98. The highest BCUT2D eigenvalue weighted by Gasteiger charge is 2.20. The molecule has 214 valence electrons. The number of hydrogen-bond donors (Lipinski definition) is 1. The first kappa shape index (κ1) is 28.0. The van der Waals surface area contributed by atoms with Crippen molar-refractivity contribution in [3.63, 3.8) is 0 Å². The molecular formula is C33H24ClFN4O4. The van der Waals surface area contributed by atoms with Crippen LogP contribution in [0.2, 0.25) is 5.02 Å². The van der Waals surface area contributed by atoms with E-state index in [9.17, 15) is 19.6 Å². The molecule has 6 aromatic rings. The molecule has 1 unspecified atom stereocenters. The number of nitro groups is 1. The number of halogens is 2. The maximum absolute atomic E-state index is 14.5. The van der Waals surface area contributed by atoms with Crippen LogP contribution in [-0.4, -0.2) is 24.8 Å². The highest BCUT2D eigenvalue weighted by atomic mass is 35.5. The van der Waals surface area contributed by atoms with Crippen LogP contribution in [0.25, 0.3) is 22.2 Å². The van der Waals surface area contributed by atoms with Crippen LogP contribution in [0.5, 0.6) is 11.6 Å². The Morgan fingerprint density at radius 2 is 1.81 bits per heavy atom. The Morgan fingerprint density at radius 3 is 2.60 bits per heavy atom. The molecule has 0 fully saturated rings. The molecule has 6 rings (SSSR count). The number of hydrogen-bond acceptors (Lipinski definition) is 6. The second-order valence-corrected chi connectivity index (χ2v) is 10.4. The molecule has 1 N–H and O–H groups in total. The third kappa shape index (κ3) is 6.38. The van der Waals surface area contributed by atoms with Gasteiger partial charge >= 0.3 is 0 Å². The number of benzene rings is 4. The average Bonchev–Trinajstić information content (AvgIpc) is 3.47. The second kappa shape index (κ2) is 12.0. The van der Waals surface area contributed by atoms with Gasteiger partial charge in [0.1, 0.15) is 17.7 Å². The summed E-state index contributed by atoms with van der Waals surface area (Å²) in [6, 6.07) is 28.9. The maximum Gasteiger partial charge on any atom is 0.270 e. The molecule has 0 saturated carbocycles. The van der Waals surface area contributed by atoms with Gasteiger partial charge in [0.15, 0.2) is 0 Å². The van der Waals surface area contributed by atoms with Crippen molar-refractivity contribution in [1.82, 2.24) is 14.8 Å². The molecule has 4 aromatic carbocycles. The van der Waals surface area contributed by atoms with Crippen molar-refractivity contribution in [2.24, 2.45) is 0 Å². The van der Waals surface area contributed by atoms with Crippen molar-refractivity contribution in [2.75, 3.05) is 0 Å². The zero-order valence-corrected chi connectivity index (χ0v) is 23.4. The van der Waals surface area contributed by atoms with Crippen molar-refractivity contribution in [3.05, 3.63) is 147 Å². The minimum atomic E-state index is -1.17. The molecule has 0 bridgehead atoms. The number of rotatable bonds is 9. The minimum Gasteiger partial charge on any atom is -0.438 e. The van der Waals surface area contributed by atoms with Crippen molar-refractivity contribution in [3.8, 4) is 22.9 Å². The standard InChI is InChI=1S/C33H24ClFN4O4/c34-25-8-4-7-22(17-25)30-13-14-38(37-30)20-31(40)28-19-26(35)9-12-32(28)43-33-24(15-21-5-2-1-3-6-21)16-23-18-27(39(41)42)10-11-29(23)36-33/h1-14,16-19,31,40H,15,20H2. The van der Waals surface area contributed by atoms with Crippen molar-refractivity contribution < 1.29 is 19.2 Å². The van der Waals surface area contributed by atoms with Gasteiger partial charge in [0, 0.05) is 51.8 Å². The van der Waals surface area contributed by atoms with Crippen LogP contribution >= 0.6 is 11.6 Å². The van der Waals surface area contributed by atoms with Crippen LogP contribution in [0.15, 0.2) is 109 Å². The molecule has 1 atom stereocenters. The van der Waals surface area contributed by atoms with Gasteiger partial charge in [-0.2, -0.15) is 5.10 Å². The van der Waals surface area contributed by atoms with Gasteiger partial charge in [-0.3, -0.25) is 14.8 Å². The monoisotopic (exact) mass is 594 g/mol. The average molecular weight is 595 g/mol. The zero-order valence-electron chi connectivity index (χ0n) is 22.6. The van der Waals surface area contributed by atoms with Crippen LogP contribution in [0.3, 0.4) is 0 Å². The fourth-order valence-electron chi connectivity index (χ4n) is 4.85. The van der Waals surface area contributed by atoms with E-state index in [0.717, 1.165) is 11.1 Å². The normalized spacial score (nSPS) is 11.9. The number of non-ortho nitro benzene ring substituents is 1. The molecule has 2 aromatic heterocycles. The van der Waals surface area contributed by atoms with E-state index in [1.165, 1.54) is 30.3 Å². The third-order valence-electron chi connectivity index (χ3n) is 6.94. The largest absolute Gasteiger partial charge is 0.438 e. The summed E-state index contributed by atoms with van der Waals surface area (Å²) in [6.45, 7) is 0.0338. The van der Waals surface area contributed by atoms with Gasteiger partial charge < -0.3 is 9.84 Å². The lowest BCUT2D eigenvalue weighted by molar-refractivity contribution is -0.384. The van der Waals surface area contributed by atoms with Crippen LogP contribution in [0.1, 0.15) is 22.8 Å². The van der Waals surface area contributed by atoms with Gasteiger partial charge in [-0.25, -0.2) is 9.37 Å². The summed E-state index contributed by atoms with van der Waals surface area (Å²) in [5.74, 6) is -0.0726. The number of nitro benzene ring substituents is 1. The van der Waals surface area contributed by atoms with Crippen molar-refractivity contribution >= 4 is 28.2 Å². The van der Waals surface area contributed by atoms with Crippen LogP contribution in [-0.2, 0) is 13.0 Å². The van der Waals surface area contributed by atoms with Crippen molar-refractivity contribution in [1.29, 1.82) is 0 Å². The molecule has 43 heavy (non-hydrogen) atoms. The van der Waals surface area contributed by atoms with E-state index in [2.05, 4.69) is 10.1 Å². The summed E-state index contributed by atoms with van der Waals surface area (Å²) in [4.78, 5) is 15.6. The Morgan fingerprint density at radius 1 is 0.977 bits per heavy atom. The fourth-order valence-corrected chi connectivity index (χ4v) is 5.04. The van der Waals surface area contributed by atoms with E-state index in [4.69, 9.17) is 16.3 Å². The molecule has 2 heterocycles. The predicted octanol–water partition coefficient (Wildman–Crippen LogP) is 7.92. The number of ether oxygens (including phenoxy) is 1. The van der Waals surface area contributed by atoms with E-state index in [0.29, 0.717) is 33.6 Å². The summed E-state index contributed by atoms with van der Waals surface area (Å²) < 4.78 is 22.3. The summed E-state index contributed by atoms with van der Waals surface area (Å²) >= 11 is 6.12. The Balaban J connectivity index is 1.33. The number of nitrogens with zero attached hydrogens (tertiary/aromatic N) is 4. The first-order chi connectivity index (χ1) is 20.8. The minimum absolute atomic E-state index is 0.0338. The van der Waals surface area contributed by atoms with Gasteiger partial charge in [-0.05, 0) is 54.1 Å². The summed E-state index contributed by atoms with van der Waals surface area (Å²) in [6.07, 6.45) is 0.986. The van der Waals surface area contributed by atoms with Crippen LogP contribution in [0.4, 0.5) is 10.1 Å². The highest BCUT2D eigenvalue weighted by molar-refractivity contribution is 6.30. The summed E-state index contributed by atoms with van der Waals surface area (Å²) in [7, 11) is 0. The van der Waals surface area contributed by atoms with E-state index in [1.807, 2.05) is 42.5 Å². The smallest absolute Gasteiger partial charge is 0.270 e. The lowest BCUT2D eigenvalue weighted by Gasteiger charge is -2.18. The van der Waals surface area contributed by atoms with E-state index >= 15 is 0 Å². The van der Waals surface area contributed by atoms with Crippen molar-refractivity contribution in [2.45, 2.75) is 19.1 Å². The van der Waals surface area contributed by atoms with Gasteiger partial charge in [0.25, 0.3) is 5.69 Å². The third-order valence-corrected chi connectivity index (χ3v) is 7.18. The zero-order chi connectivity index (χ0) is 29.9. The molecule has 10 heteroatoms. The Hall–Kier alpha value is -5.12. The van der Waals surface area contributed by atoms with E-state index in [-0.39, 0.29) is 29.4 Å². The van der Waals surface area contributed by atoms with E-state index in [1.54, 1.807) is 41.2 Å². The number of fused-ring (bicyclic) bond motifs is 1. The topological polar surface area (TPSA) is 103 Å². The molecule has 0 amide bonds. The van der Waals surface area contributed by atoms with E-state index < -0.39 is 16.8 Å². The Kier molecular flexibility index (Phi) is 7.83. The first-order valence-corrected chi connectivity index (χ1v) is 13.8. The number of aromatic nitrogens is 3. The molecule has 0 saturated heterocycles. The molecule has 0 radical (unpaired) electrons. The lowest BCUT2D eigenvalue weighted by atomic mass is 10.0. The quantitative estimate of drug-likeness (QED) is 0.135. The molecule has 0 spiro atoms. The van der Waals surface area contributed by atoms with Gasteiger partial charge in [0.05, 0.1) is 22.7 Å². The summed E-state index contributed by atoms with van der Waals surface area (Å²) in [5.41, 5.74) is 3.82. The lowest BCUT2D eigenvalue weighted by Crippen LogP contribution is -2.11. The van der Waals surface area contributed by atoms with Crippen LogP contribution < -0.4 is 4.74 Å². The first-order valence-electron chi connectivity index (χ1n) is 13.4. The number of pyridine rings is 1. The molecule has 0 aliphatic carbocycles. The predicted molar refractivity (Wildman–Crippen MR) is 162 cm³/mol. The van der Waals surface area contributed by atoms with Gasteiger partial charge in [-0.15, -0.1) is 0 Å². The van der Waals surface area contributed by atoms with Gasteiger partial charge in [0.2, 0.25) is 5.88 Å². The highest BCUT2D eigenvalue weighted by Crippen LogP contribution is 2.35. The molecule has 8 nitrogen and oxygen atoms in total. The Bertz CT molecular complexity index is 1950. The molecular weight excluding hydrogens is 571 g/mol. The number of aliphatic hydroxyl groups is 1. The maximum atomic E-state index is 14.5. The molecule has 0 aliphatic heterocycles. The summed E-state index contributed by atoms with van der Waals surface area (Å²) in [5, 5.41) is 28.3. The number of aliphatic hydroxyl groups excluding tert-OH is 1. The van der Waals surface area contributed by atoms with Gasteiger partial charge in [-0.1, -0.05) is 54.1 Å². The molecule has 0 aliphatic rings. The fraction of sp³-hybridized carbons (Fsp3) is 0.0909.